The number of hydrogen-bond acceptors (Lipinski definition) is 3. The molecule has 0 N–H and O–H groups in total. The molecule has 0 aliphatic rings. The first-order valence-corrected chi connectivity index (χ1v) is 9.61. The predicted molar refractivity (Wildman–Crippen MR) is 108 cm³/mol. The van der Waals surface area contributed by atoms with Crippen LogP contribution >= 0.6 is 11.8 Å². The Hall–Kier alpha value is -1.81. The summed E-state index contributed by atoms with van der Waals surface area (Å²) < 4.78 is 11.8. The fraction of sp³-hybridized carbons (Fsp3) is 0.273. The zero-order valence-electron chi connectivity index (χ0n) is 14.6. The number of thioether (sulfide) groups is 1. The fourth-order valence-electron chi connectivity index (χ4n) is 2.22. The van der Waals surface area contributed by atoms with Crippen LogP contribution < -0.4 is 0 Å². The van der Waals surface area contributed by atoms with E-state index in [4.69, 9.17) is 9.47 Å². The fourth-order valence-corrected chi connectivity index (χ4v) is 3.29. The van der Waals surface area contributed by atoms with Crippen molar-refractivity contribution < 1.29 is 9.47 Å². The second kappa shape index (κ2) is 11.7. The van der Waals surface area contributed by atoms with Gasteiger partial charge in [-0.2, -0.15) is 11.8 Å². The Morgan fingerprint density at radius 2 is 1.12 bits per heavy atom. The third-order valence-electron chi connectivity index (χ3n) is 3.70. The first-order valence-electron chi connectivity index (χ1n) is 8.45. The summed E-state index contributed by atoms with van der Waals surface area (Å²) in [4.78, 5) is 0. The highest BCUT2D eigenvalue weighted by Crippen LogP contribution is 2.14. The molecule has 2 aromatic carbocycles. The monoisotopic (exact) mass is 354 g/mol. The van der Waals surface area contributed by atoms with Crippen molar-refractivity contribution in [3.63, 3.8) is 0 Å². The zero-order valence-corrected chi connectivity index (χ0v) is 15.4. The van der Waals surface area contributed by atoms with E-state index >= 15 is 0 Å². The van der Waals surface area contributed by atoms with Crippen LogP contribution in [0.5, 0.6) is 0 Å². The van der Waals surface area contributed by atoms with Crippen LogP contribution in [0, 0.1) is 0 Å². The first-order chi connectivity index (χ1) is 12.3. The van der Waals surface area contributed by atoms with E-state index in [1.165, 1.54) is 11.1 Å². The largest absolute Gasteiger partial charge is 0.369 e. The molecule has 2 rings (SSSR count). The summed E-state index contributed by atoms with van der Waals surface area (Å²) in [6.45, 7) is 8.96. The third-order valence-corrected chi connectivity index (χ3v) is 4.83. The lowest BCUT2D eigenvalue weighted by molar-refractivity contribution is 0.0839. The van der Waals surface area contributed by atoms with Crippen molar-refractivity contribution in [2.24, 2.45) is 0 Å². The third kappa shape index (κ3) is 7.74. The molecule has 0 fully saturated rings. The lowest BCUT2D eigenvalue weighted by Crippen LogP contribution is -2.17. The van der Waals surface area contributed by atoms with Gasteiger partial charge in [0.05, 0.1) is 25.4 Å². The van der Waals surface area contributed by atoms with Crippen LogP contribution in [0.15, 0.2) is 86.0 Å². The normalized spacial score (nSPS) is 13.1. The standard InChI is InChI=1S/C22H26O2S/c1-3-21(23-15-19-11-7-5-8-12-19)17-25-18-22(4-2)24-16-20-13-9-6-10-14-20/h3-14,21-22H,1-2,15-18H2. The van der Waals surface area contributed by atoms with Crippen LogP contribution in [-0.2, 0) is 22.7 Å². The highest BCUT2D eigenvalue weighted by Gasteiger charge is 2.09. The molecule has 0 saturated heterocycles. The molecule has 0 heterocycles. The van der Waals surface area contributed by atoms with Crippen molar-refractivity contribution in [1.29, 1.82) is 0 Å². The summed E-state index contributed by atoms with van der Waals surface area (Å²) in [6, 6.07) is 20.4. The summed E-state index contributed by atoms with van der Waals surface area (Å²) in [6.07, 6.45) is 3.79. The highest BCUT2D eigenvalue weighted by atomic mass is 32.2. The summed E-state index contributed by atoms with van der Waals surface area (Å²) in [5.41, 5.74) is 2.35. The van der Waals surface area contributed by atoms with E-state index in [0.29, 0.717) is 13.2 Å². The van der Waals surface area contributed by atoms with Crippen molar-refractivity contribution in [3.05, 3.63) is 97.1 Å². The van der Waals surface area contributed by atoms with Gasteiger partial charge in [-0.05, 0) is 11.1 Å². The maximum Gasteiger partial charge on any atom is 0.0848 e. The van der Waals surface area contributed by atoms with Gasteiger partial charge < -0.3 is 9.47 Å². The molecule has 2 atom stereocenters. The van der Waals surface area contributed by atoms with Gasteiger partial charge in [-0.1, -0.05) is 72.8 Å². The maximum absolute atomic E-state index is 5.92. The van der Waals surface area contributed by atoms with Crippen molar-refractivity contribution in [1.82, 2.24) is 0 Å². The molecule has 0 saturated carbocycles. The van der Waals surface area contributed by atoms with Crippen LogP contribution in [0.1, 0.15) is 11.1 Å². The highest BCUT2D eigenvalue weighted by molar-refractivity contribution is 7.99. The van der Waals surface area contributed by atoms with Gasteiger partial charge in [-0.25, -0.2) is 0 Å². The molecular weight excluding hydrogens is 328 g/mol. The van der Waals surface area contributed by atoms with Gasteiger partial charge in [0.1, 0.15) is 0 Å². The van der Waals surface area contributed by atoms with Crippen LogP contribution in [0.25, 0.3) is 0 Å². The van der Waals surface area contributed by atoms with Crippen molar-refractivity contribution >= 4 is 11.8 Å². The maximum atomic E-state index is 5.92. The number of benzene rings is 2. The molecule has 0 spiro atoms. The van der Waals surface area contributed by atoms with E-state index in [2.05, 4.69) is 37.4 Å². The Balaban J connectivity index is 1.67. The smallest absolute Gasteiger partial charge is 0.0848 e. The summed E-state index contributed by atoms with van der Waals surface area (Å²) >= 11 is 1.80. The van der Waals surface area contributed by atoms with Crippen molar-refractivity contribution in [2.75, 3.05) is 11.5 Å². The molecule has 0 bridgehead atoms. The average Bonchev–Trinajstić information content (AvgIpc) is 2.68. The number of rotatable bonds is 12. The van der Waals surface area contributed by atoms with E-state index in [1.807, 2.05) is 48.6 Å². The van der Waals surface area contributed by atoms with Crippen LogP contribution in [-0.4, -0.2) is 23.7 Å². The van der Waals surface area contributed by atoms with Crippen LogP contribution in [0.3, 0.4) is 0 Å². The Labute approximate surface area is 155 Å². The quantitative estimate of drug-likeness (QED) is 0.484. The van der Waals surface area contributed by atoms with Gasteiger partial charge in [0.25, 0.3) is 0 Å². The Morgan fingerprint density at radius 3 is 1.48 bits per heavy atom. The summed E-state index contributed by atoms with van der Waals surface area (Å²) in [5, 5.41) is 0. The van der Waals surface area contributed by atoms with Crippen molar-refractivity contribution in [2.45, 2.75) is 25.4 Å². The Morgan fingerprint density at radius 1 is 0.720 bits per heavy atom. The average molecular weight is 355 g/mol. The number of ether oxygens (including phenoxy) is 2. The molecule has 0 aliphatic carbocycles. The molecule has 25 heavy (non-hydrogen) atoms. The zero-order chi connectivity index (χ0) is 17.7. The van der Waals surface area contributed by atoms with E-state index in [1.54, 1.807) is 11.8 Å². The van der Waals surface area contributed by atoms with E-state index < -0.39 is 0 Å². The SMILES string of the molecule is C=CC(CSCC(C=C)OCc1ccccc1)OCc1ccccc1. The van der Waals surface area contributed by atoms with E-state index in [9.17, 15) is 0 Å². The minimum Gasteiger partial charge on any atom is -0.369 e. The minimum atomic E-state index is 0.0322. The second-order valence-corrected chi connectivity index (χ2v) is 6.75. The molecular formula is C22H26O2S. The van der Waals surface area contributed by atoms with Gasteiger partial charge in [0.15, 0.2) is 0 Å². The van der Waals surface area contributed by atoms with Gasteiger partial charge >= 0.3 is 0 Å². The van der Waals surface area contributed by atoms with Gasteiger partial charge in [-0.15, -0.1) is 13.2 Å². The first kappa shape index (κ1) is 19.5. The minimum absolute atomic E-state index is 0.0322. The van der Waals surface area contributed by atoms with E-state index in [-0.39, 0.29) is 12.2 Å². The lowest BCUT2D eigenvalue weighted by atomic mass is 10.2. The summed E-state index contributed by atoms with van der Waals surface area (Å²) in [7, 11) is 0. The molecule has 2 aromatic rings. The second-order valence-electron chi connectivity index (χ2n) is 5.68. The van der Waals surface area contributed by atoms with E-state index in [0.717, 1.165) is 11.5 Å². The Kier molecular flexibility index (Phi) is 9.13. The van der Waals surface area contributed by atoms with Crippen LogP contribution in [0.2, 0.25) is 0 Å². The van der Waals surface area contributed by atoms with Gasteiger partial charge in [0, 0.05) is 11.5 Å². The van der Waals surface area contributed by atoms with Gasteiger partial charge in [0.2, 0.25) is 0 Å². The molecule has 0 aliphatic heterocycles. The molecule has 2 nitrogen and oxygen atoms in total. The molecule has 0 amide bonds. The van der Waals surface area contributed by atoms with Crippen molar-refractivity contribution in [3.8, 4) is 0 Å². The number of hydrogen-bond donors (Lipinski definition) is 0. The van der Waals surface area contributed by atoms with Crippen LogP contribution in [0.4, 0.5) is 0 Å². The molecule has 132 valence electrons. The summed E-state index contributed by atoms with van der Waals surface area (Å²) in [5.74, 6) is 1.71. The molecule has 0 radical (unpaired) electrons. The lowest BCUT2D eigenvalue weighted by Gasteiger charge is -2.17. The van der Waals surface area contributed by atoms with Gasteiger partial charge in [-0.3, -0.25) is 0 Å². The molecule has 0 aromatic heterocycles. The molecule has 2 unspecified atom stereocenters. The Bertz CT molecular complexity index is 557. The topological polar surface area (TPSA) is 18.5 Å². The predicted octanol–water partition coefficient (Wildman–Crippen LogP) is 5.26. The molecule has 3 heteroatoms.